The molecule has 27 heavy (non-hydrogen) atoms. The zero-order chi connectivity index (χ0) is 18.6. The first-order valence-corrected chi connectivity index (χ1v) is 9.24. The van der Waals surface area contributed by atoms with Crippen LogP contribution in [0.1, 0.15) is 10.4 Å². The normalized spacial score (nSPS) is 12.0. The number of carbonyl (C=O) groups is 1. The van der Waals surface area contributed by atoms with Gasteiger partial charge in [-0.25, -0.2) is 9.97 Å². The van der Waals surface area contributed by atoms with Crippen molar-refractivity contribution < 1.29 is 19.0 Å². The van der Waals surface area contributed by atoms with E-state index in [9.17, 15) is 4.79 Å². The predicted octanol–water partition coefficient (Wildman–Crippen LogP) is 3.86. The van der Waals surface area contributed by atoms with Crippen molar-refractivity contribution in [2.45, 2.75) is 5.16 Å². The van der Waals surface area contributed by atoms with Crippen molar-refractivity contribution in [1.29, 1.82) is 0 Å². The third kappa shape index (κ3) is 3.88. The Morgan fingerprint density at radius 1 is 1.11 bits per heavy atom. The Morgan fingerprint density at radius 3 is 2.74 bits per heavy atom. The van der Waals surface area contributed by atoms with Crippen molar-refractivity contribution in [3.63, 3.8) is 0 Å². The van der Waals surface area contributed by atoms with Gasteiger partial charge in [0.15, 0.2) is 22.4 Å². The van der Waals surface area contributed by atoms with E-state index >= 15 is 0 Å². The Morgan fingerprint density at radius 2 is 1.93 bits per heavy atom. The number of fused-ring (bicyclic) bond motifs is 1. The van der Waals surface area contributed by atoms with E-state index in [1.807, 2.05) is 30.3 Å². The molecule has 7 heteroatoms. The van der Waals surface area contributed by atoms with Crippen LogP contribution in [-0.2, 0) is 0 Å². The summed E-state index contributed by atoms with van der Waals surface area (Å²) in [5.74, 6) is 2.28. The Hall–Kier alpha value is -3.06. The van der Waals surface area contributed by atoms with Crippen LogP contribution >= 0.6 is 11.8 Å². The average molecular weight is 380 g/mol. The van der Waals surface area contributed by atoms with Gasteiger partial charge in [-0.3, -0.25) is 4.79 Å². The highest BCUT2D eigenvalue weighted by atomic mass is 32.2. The van der Waals surface area contributed by atoms with Crippen molar-refractivity contribution in [1.82, 2.24) is 9.97 Å². The molecule has 0 saturated carbocycles. The molecule has 0 atom stereocenters. The first-order chi connectivity index (χ1) is 13.2. The molecule has 1 aliphatic rings. The summed E-state index contributed by atoms with van der Waals surface area (Å²) in [7, 11) is 1.63. The molecular formula is C20H16N2O4S. The van der Waals surface area contributed by atoms with Crippen LogP contribution in [0.2, 0.25) is 0 Å². The van der Waals surface area contributed by atoms with E-state index in [4.69, 9.17) is 14.2 Å². The number of hydrogen-bond acceptors (Lipinski definition) is 7. The number of aromatic nitrogens is 2. The molecule has 3 aromatic rings. The molecule has 1 aromatic heterocycles. The summed E-state index contributed by atoms with van der Waals surface area (Å²) in [4.78, 5) is 21.2. The monoisotopic (exact) mass is 380 g/mol. The minimum atomic E-state index is -0.0169. The van der Waals surface area contributed by atoms with Gasteiger partial charge in [0.05, 0.1) is 18.6 Å². The van der Waals surface area contributed by atoms with Gasteiger partial charge in [-0.15, -0.1) is 0 Å². The molecule has 0 amide bonds. The number of ketones is 1. The number of rotatable bonds is 6. The second kappa shape index (κ2) is 7.67. The molecule has 6 nitrogen and oxygen atoms in total. The number of carbonyl (C=O) groups excluding carboxylic acids is 1. The molecule has 0 aliphatic carbocycles. The number of thioether (sulfide) groups is 1. The fourth-order valence-electron chi connectivity index (χ4n) is 2.62. The van der Waals surface area contributed by atoms with Crippen LogP contribution in [0.5, 0.6) is 17.2 Å². The molecule has 0 spiro atoms. The molecule has 0 unspecified atom stereocenters. The van der Waals surface area contributed by atoms with Gasteiger partial charge in [-0.05, 0) is 48.5 Å². The minimum absolute atomic E-state index is 0.0169. The number of ether oxygens (including phenoxy) is 3. The molecule has 4 rings (SSSR count). The summed E-state index contributed by atoms with van der Waals surface area (Å²) in [5, 5.41) is 0.553. The van der Waals surface area contributed by atoms with Crippen LogP contribution in [0.15, 0.2) is 59.9 Å². The topological polar surface area (TPSA) is 70.5 Å². The third-order valence-electron chi connectivity index (χ3n) is 4.05. The maximum Gasteiger partial charge on any atom is 0.231 e. The molecule has 0 bridgehead atoms. The predicted molar refractivity (Wildman–Crippen MR) is 102 cm³/mol. The van der Waals surface area contributed by atoms with Gasteiger partial charge in [0, 0.05) is 17.3 Å². The van der Waals surface area contributed by atoms with Gasteiger partial charge in [0.1, 0.15) is 5.75 Å². The lowest BCUT2D eigenvalue weighted by molar-refractivity contribution is 0.102. The molecule has 2 aromatic carbocycles. The van der Waals surface area contributed by atoms with E-state index < -0.39 is 0 Å². The Kier molecular flexibility index (Phi) is 4.93. The van der Waals surface area contributed by atoms with E-state index in [-0.39, 0.29) is 18.3 Å². The van der Waals surface area contributed by atoms with Gasteiger partial charge in [0.25, 0.3) is 0 Å². The average Bonchev–Trinajstić information content (AvgIpc) is 3.20. The van der Waals surface area contributed by atoms with E-state index in [0.29, 0.717) is 22.2 Å². The zero-order valence-electron chi connectivity index (χ0n) is 14.5. The maximum atomic E-state index is 12.5. The fraction of sp³-hybridized carbons (Fsp3) is 0.150. The quantitative estimate of drug-likeness (QED) is 0.365. The van der Waals surface area contributed by atoms with Gasteiger partial charge < -0.3 is 14.2 Å². The van der Waals surface area contributed by atoms with E-state index in [0.717, 1.165) is 17.0 Å². The number of hydrogen-bond donors (Lipinski definition) is 0. The largest absolute Gasteiger partial charge is 0.497 e. The second-order valence-electron chi connectivity index (χ2n) is 5.73. The lowest BCUT2D eigenvalue weighted by Crippen LogP contribution is -2.03. The van der Waals surface area contributed by atoms with Gasteiger partial charge in [-0.1, -0.05) is 11.8 Å². The summed E-state index contributed by atoms with van der Waals surface area (Å²) in [6, 6.07) is 14.7. The van der Waals surface area contributed by atoms with Gasteiger partial charge in [-0.2, -0.15) is 0 Å². The van der Waals surface area contributed by atoms with Crippen molar-refractivity contribution in [2.24, 2.45) is 0 Å². The van der Waals surface area contributed by atoms with Crippen molar-refractivity contribution in [3.05, 3.63) is 60.3 Å². The van der Waals surface area contributed by atoms with E-state index in [2.05, 4.69) is 9.97 Å². The summed E-state index contributed by atoms with van der Waals surface area (Å²) in [5.41, 5.74) is 2.34. The SMILES string of the molecule is COc1ccc(-c2ccnc(SCC(=O)c3ccc4c(c3)OCO4)n2)cc1. The number of methoxy groups -OCH3 is 1. The van der Waals surface area contributed by atoms with E-state index in [1.165, 1.54) is 11.8 Å². The Labute approximate surface area is 160 Å². The molecule has 0 radical (unpaired) electrons. The molecule has 0 saturated heterocycles. The van der Waals surface area contributed by atoms with Gasteiger partial charge >= 0.3 is 0 Å². The summed E-state index contributed by atoms with van der Waals surface area (Å²) >= 11 is 1.30. The third-order valence-corrected chi connectivity index (χ3v) is 4.91. The number of benzene rings is 2. The van der Waals surface area contributed by atoms with Crippen molar-refractivity contribution in [3.8, 4) is 28.5 Å². The van der Waals surface area contributed by atoms with Crippen LogP contribution in [0, 0.1) is 0 Å². The molecule has 2 heterocycles. The number of nitrogens with zero attached hydrogens (tertiary/aromatic N) is 2. The van der Waals surface area contributed by atoms with Crippen molar-refractivity contribution in [2.75, 3.05) is 19.7 Å². The first-order valence-electron chi connectivity index (χ1n) is 8.26. The zero-order valence-corrected chi connectivity index (χ0v) is 15.4. The molecule has 0 fully saturated rings. The fourth-order valence-corrected chi connectivity index (χ4v) is 3.34. The smallest absolute Gasteiger partial charge is 0.231 e. The van der Waals surface area contributed by atoms with Crippen LogP contribution in [0.4, 0.5) is 0 Å². The van der Waals surface area contributed by atoms with Gasteiger partial charge in [0.2, 0.25) is 6.79 Å². The van der Waals surface area contributed by atoms with Crippen LogP contribution in [0.25, 0.3) is 11.3 Å². The minimum Gasteiger partial charge on any atom is -0.497 e. The summed E-state index contributed by atoms with van der Waals surface area (Å²) < 4.78 is 15.8. The number of Topliss-reactive ketones (excluding diaryl/α,β-unsaturated/α-hetero) is 1. The molecule has 136 valence electrons. The van der Waals surface area contributed by atoms with E-state index in [1.54, 1.807) is 31.5 Å². The summed E-state index contributed by atoms with van der Waals surface area (Å²) in [6.07, 6.45) is 1.69. The Balaban J connectivity index is 1.44. The molecular weight excluding hydrogens is 364 g/mol. The lowest BCUT2D eigenvalue weighted by atomic mass is 10.1. The maximum absolute atomic E-state index is 12.5. The standard InChI is InChI=1S/C20H16N2O4S/c1-24-15-5-2-13(3-6-15)16-8-9-21-20(22-16)27-11-17(23)14-4-7-18-19(10-14)26-12-25-18/h2-10H,11-12H2,1H3. The van der Waals surface area contributed by atoms with Crippen LogP contribution in [0.3, 0.4) is 0 Å². The second-order valence-corrected chi connectivity index (χ2v) is 6.68. The summed E-state index contributed by atoms with van der Waals surface area (Å²) in [6.45, 7) is 0.188. The first kappa shape index (κ1) is 17.4. The lowest BCUT2D eigenvalue weighted by Gasteiger charge is -2.05. The highest BCUT2D eigenvalue weighted by Crippen LogP contribution is 2.33. The highest BCUT2D eigenvalue weighted by Gasteiger charge is 2.16. The van der Waals surface area contributed by atoms with Crippen LogP contribution < -0.4 is 14.2 Å². The van der Waals surface area contributed by atoms with Crippen molar-refractivity contribution >= 4 is 17.5 Å². The molecule has 0 N–H and O–H groups in total. The van der Waals surface area contributed by atoms with Crippen LogP contribution in [-0.4, -0.2) is 35.4 Å². The highest BCUT2D eigenvalue weighted by molar-refractivity contribution is 7.99. The molecule has 1 aliphatic heterocycles. The Bertz CT molecular complexity index is 976.